The first kappa shape index (κ1) is 14.1. The van der Waals surface area contributed by atoms with Crippen LogP contribution in [0.5, 0.6) is 0 Å². The van der Waals surface area contributed by atoms with Crippen molar-refractivity contribution in [2.45, 2.75) is 11.1 Å². The molecule has 0 spiro atoms. The Kier molecular flexibility index (Phi) is 4.56. The molecule has 0 saturated carbocycles. The number of hydrogen-bond acceptors (Lipinski definition) is 2. The topological polar surface area (TPSA) is 49.1 Å². The van der Waals surface area contributed by atoms with Gasteiger partial charge in [0, 0.05) is 21.1 Å². The van der Waals surface area contributed by atoms with Crippen molar-refractivity contribution in [3.63, 3.8) is 0 Å². The molecule has 0 radical (unpaired) electrons. The molecule has 1 unspecified atom stereocenters. The van der Waals surface area contributed by atoms with Crippen LogP contribution < -0.4 is 5.73 Å². The normalized spacial score (nSPS) is 13.9. The van der Waals surface area contributed by atoms with E-state index < -0.39 is 23.1 Å². The third-order valence-electron chi connectivity index (χ3n) is 1.61. The van der Waals surface area contributed by atoms with Gasteiger partial charge in [-0.3, -0.25) is 0 Å². The predicted octanol–water partition coefficient (Wildman–Crippen LogP) is 3.46. The van der Waals surface area contributed by atoms with Crippen molar-refractivity contribution in [3.05, 3.63) is 21.1 Å². The Morgan fingerprint density at radius 1 is 1.25 bits per heavy atom. The molecule has 0 aliphatic rings. The van der Waals surface area contributed by atoms with E-state index in [2.05, 4.69) is 31.9 Å². The van der Waals surface area contributed by atoms with E-state index in [1.54, 1.807) is 0 Å². The fourth-order valence-corrected chi connectivity index (χ4v) is 3.38. The van der Waals surface area contributed by atoms with Crippen LogP contribution in [0.3, 0.4) is 0 Å². The molecule has 1 aromatic carbocycles. The lowest BCUT2D eigenvalue weighted by atomic mass is 10.3. The van der Waals surface area contributed by atoms with Gasteiger partial charge in [-0.1, -0.05) is 0 Å². The molecule has 2 nitrogen and oxygen atoms in total. The maximum absolute atomic E-state index is 12.0. The minimum absolute atomic E-state index is 0.0743. The molecule has 1 rings (SSSR count). The Hall–Kier alpha value is 0.0800. The average molecular weight is 381 g/mol. The number of nitrogen functional groups attached to an aromatic ring is 1. The van der Waals surface area contributed by atoms with Gasteiger partial charge in [-0.25, -0.2) is 0 Å². The highest BCUT2D eigenvalue weighted by Crippen LogP contribution is 2.33. The van der Waals surface area contributed by atoms with Crippen LogP contribution in [0.15, 0.2) is 26.0 Å². The maximum atomic E-state index is 12.0. The van der Waals surface area contributed by atoms with E-state index >= 15 is 0 Å². The summed E-state index contributed by atoms with van der Waals surface area (Å²) in [5.74, 6) is -1.37. The molecule has 0 fully saturated rings. The van der Waals surface area contributed by atoms with E-state index in [0.717, 1.165) is 0 Å². The maximum Gasteiger partial charge on any atom is 0.433 e. The van der Waals surface area contributed by atoms with Gasteiger partial charge >= 0.3 is 6.18 Å². The summed E-state index contributed by atoms with van der Waals surface area (Å²) in [6, 6.07) is 2.64. The molecule has 2 N–H and O–H groups in total. The van der Waals surface area contributed by atoms with Crippen LogP contribution in [-0.4, -0.2) is 16.5 Å². The quantitative estimate of drug-likeness (QED) is 0.630. The Morgan fingerprint density at radius 2 is 1.69 bits per heavy atom. The molecular weight excluding hydrogens is 375 g/mol. The minimum atomic E-state index is -4.45. The van der Waals surface area contributed by atoms with E-state index in [9.17, 15) is 17.7 Å². The fourth-order valence-electron chi connectivity index (χ4n) is 0.924. The SMILES string of the molecule is Nc1c(Br)cc([S+]([O-])CC(F)(F)F)cc1Br. The molecule has 0 aliphatic carbocycles. The van der Waals surface area contributed by atoms with Gasteiger partial charge in [0.2, 0.25) is 5.75 Å². The first-order valence-corrected chi connectivity index (χ1v) is 6.81. The van der Waals surface area contributed by atoms with Crippen LogP contribution in [-0.2, 0) is 11.2 Å². The lowest BCUT2D eigenvalue weighted by molar-refractivity contribution is -0.106. The van der Waals surface area contributed by atoms with Gasteiger partial charge in [-0.05, 0) is 43.0 Å². The second-order valence-electron chi connectivity index (χ2n) is 2.91. The van der Waals surface area contributed by atoms with E-state index in [4.69, 9.17) is 5.73 Å². The van der Waals surface area contributed by atoms with Crippen LogP contribution in [0, 0.1) is 0 Å². The molecule has 16 heavy (non-hydrogen) atoms. The Labute approximate surface area is 110 Å². The summed E-state index contributed by atoms with van der Waals surface area (Å²) in [6.07, 6.45) is -4.45. The monoisotopic (exact) mass is 379 g/mol. The molecule has 0 saturated heterocycles. The number of anilines is 1. The van der Waals surface area contributed by atoms with Crippen molar-refractivity contribution < 1.29 is 17.7 Å². The van der Waals surface area contributed by atoms with E-state index in [0.29, 0.717) is 14.6 Å². The summed E-state index contributed by atoms with van der Waals surface area (Å²) in [5.41, 5.74) is 5.92. The summed E-state index contributed by atoms with van der Waals surface area (Å²) in [7, 11) is 0. The largest absolute Gasteiger partial charge is 0.611 e. The minimum Gasteiger partial charge on any atom is -0.611 e. The first-order valence-electron chi connectivity index (χ1n) is 3.90. The van der Waals surface area contributed by atoms with Crippen molar-refractivity contribution in [1.29, 1.82) is 0 Å². The predicted molar refractivity (Wildman–Crippen MR) is 63.6 cm³/mol. The van der Waals surface area contributed by atoms with Crippen LogP contribution in [0.25, 0.3) is 0 Å². The molecule has 0 aliphatic heterocycles. The molecule has 8 heteroatoms. The number of alkyl halides is 3. The standard InChI is InChI=1S/C8H6Br2F3NOS/c9-5-1-4(2-6(10)7(5)14)16(15)3-8(11,12)13/h1-2H,3,14H2. The van der Waals surface area contributed by atoms with Crippen LogP contribution in [0.2, 0.25) is 0 Å². The van der Waals surface area contributed by atoms with Crippen LogP contribution in [0.1, 0.15) is 0 Å². The highest BCUT2D eigenvalue weighted by Gasteiger charge is 2.35. The molecule has 90 valence electrons. The van der Waals surface area contributed by atoms with E-state index in [1.807, 2.05) is 0 Å². The smallest absolute Gasteiger partial charge is 0.433 e. The van der Waals surface area contributed by atoms with Crippen molar-refractivity contribution in [1.82, 2.24) is 0 Å². The number of benzene rings is 1. The van der Waals surface area contributed by atoms with Crippen molar-refractivity contribution in [2.24, 2.45) is 0 Å². The molecule has 0 aromatic heterocycles. The second-order valence-corrected chi connectivity index (χ2v) is 6.07. The van der Waals surface area contributed by atoms with Crippen molar-refractivity contribution >= 4 is 48.7 Å². The van der Waals surface area contributed by atoms with Gasteiger partial charge in [0.05, 0.1) is 5.69 Å². The zero-order valence-electron chi connectivity index (χ0n) is 7.65. The lowest BCUT2D eigenvalue weighted by Gasteiger charge is -2.13. The third-order valence-corrected chi connectivity index (χ3v) is 4.27. The molecule has 1 atom stereocenters. The van der Waals surface area contributed by atoms with Gasteiger partial charge in [-0.2, -0.15) is 13.2 Å². The van der Waals surface area contributed by atoms with E-state index in [-0.39, 0.29) is 4.90 Å². The number of nitrogens with two attached hydrogens (primary N) is 1. The summed E-state index contributed by atoms with van der Waals surface area (Å²) >= 11 is 4.03. The van der Waals surface area contributed by atoms with Crippen LogP contribution >= 0.6 is 31.9 Å². The van der Waals surface area contributed by atoms with Gasteiger partial charge < -0.3 is 10.3 Å². The summed E-state index contributed by atoms with van der Waals surface area (Å²) in [6.45, 7) is 0. The number of hydrogen-bond donors (Lipinski definition) is 1. The average Bonchev–Trinajstić information content (AvgIpc) is 2.10. The highest BCUT2D eigenvalue weighted by molar-refractivity contribution is 9.11. The summed E-state index contributed by atoms with van der Waals surface area (Å²) < 4.78 is 48.3. The lowest BCUT2D eigenvalue weighted by Crippen LogP contribution is -2.23. The van der Waals surface area contributed by atoms with E-state index in [1.165, 1.54) is 12.1 Å². The Morgan fingerprint density at radius 3 is 2.06 bits per heavy atom. The highest BCUT2D eigenvalue weighted by atomic mass is 79.9. The van der Waals surface area contributed by atoms with Gasteiger partial charge in [0.25, 0.3) is 0 Å². The van der Waals surface area contributed by atoms with Crippen molar-refractivity contribution in [3.8, 4) is 0 Å². The Balaban J connectivity index is 2.97. The number of halogens is 5. The summed E-state index contributed by atoms with van der Waals surface area (Å²) in [5, 5.41) is 0. The molecular formula is C8H6Br2F3NOS. The third kappa shape index (κ3) is 3.83. The molecule has 0 amide bonds. The summed E-state index contributed by atoms with van der Waals surface area (Å²) in [4.78, 5) is 0.0743. The van der Waals surface area contributed by atoms with Crippen molar-refractivity contribution in [2.75, 3.05) is 11.5 Å². The Bertz CT molecular complexity index is 376. The zero-order valence-corrected chi connectivity index (χ0v) is 11.6. The zero-order chi connectivity index (χ0) is 12.5. The molecule has 0 heterocycles. The van der Waals surface area contributed by atoms with Crippen LogP contribution in [0.4, 0.5) is 18.9 Å². The molecule has 0 bridgehead atoms. The van der Waals surface area contributed by atoms with Gasteiger partial charge in [0.1, 0.15) is 0 Å². The van der Waals surface area contributed by atoms with Gasteiger partial charge in [-0.15, -0.1) is 0 Å². The number of rotatable bonds is 2. The molecule has 1 aromatic rings. The second kappa shape index (κ2) is 5.16. The van der Waals surface area contributed by atoms with Gasteiger partial charge in [0.15, 0.2) is 4.90 Å². The fraction of sp³-hybridized carbons (Fsp3) is 0.250. The first-order chi connectivity index (χ1) is 7.20.